The average molecular weight is 433 g/mol. The van der Waals surface area contributed by atoms with Crippen molar-refractivity contribution in [1.29, 1.82) is 0 Å². The van der Waals surface area contributed by atoms with E-state index in [4.69, 9.17) is 9.47 Å². The molecule has 0 N–H and O–H groups in total. The van der Waals surface area contributed by atoms with Crippen LogP contribution >= 0.6 is 12.4 Å². The predicted molar refractivity (Wildman–Crippen MR) is 114 cm³/mol. The van der Waals surface area contributed by atoms with Gasteiger partial charge in [-0.1, -0.05) is 13.0 Å². The summed E-state index contributed by atoms with van der Waals surface area (Å²) in [6, 6.07) is 6.66. The topological polar surface area (TPSA) is 59.1 Å². The summed E-state index contributed by atoms with van der Waals surface area (Å²) in [5.74, 6) is 2.25. The third-order valence-electron chi connectivity index (χ3n) is 5.70. The number of hydrogen-bond acceptors (Lipinski definition) is 5. The molecule has 0 saturated carbocycles. The van der Waals surface area contributed by atoms with Crippen LogP contribution in [0.3, 0.4) is 0 Å². The maximum Gasteiger partial charge on any atom is 0.211 e. The Bertz CT molecular complexity index is 736. The molecule has 2 aliphatic rings. The Morgan fingerprint density at radius 3 is 2.43 bits per heavy atom. The van der Waals surface area contributed by atoms with Crippen molar-refractivity contribution in [2.45, 2.75) is 39.2 Å². The molecule has 1 saturated heterocycles. The Morgan fingerprint density at radius 1 is 1.18 bits per heavy atom. The first-order chi connectivity index (χ1) is 12.9. The molecule has 2 aliphatic heterocycles. The van der Waals surface area contributed by atoms with Crippen molar-refractivity contribution in [3.8, 4) is 11.5 Å². The molecule has 0 aromatic heterocycles. The molecule has 1 unspecified atom stereocenters. The molecule has 1 aromatic rings. The number of fused-ring (bicyclic) bond motifs is 1. The van der Waals surface area contributed by atoms with E-state index in [0.29, 0.717) is 38.3 Å². The van der Waals surface area contributed by atoms with E-state index in [9.17, 15) is 8.42 Å². The maximum atomic E-state index is 11.7. The third-order valence-corrected chi connectivity index (χ3v) is 7.01. The molecule has 1 atom stereocenters. The highest BCUT2D eigenvalue weighted by Gasteiger charge is 2.27. The first-order valence-electron chi connectivity index (χ1n) is 9.94. The second kappa shape index (κ2) is 10.1. The van der Waals surface area contributed by atoms with Gasteiger partial charge in [-0.2, -0.15) is 0 Å². The molecule has 1 aromatic carbocycles. The summed E-state index contributed by atoms with van der Waals surface area (Å²) in [6.45, 7) is 9.02. The molecule has 8 heteroatoms. The zero-order valence-electron chi connectivity index (χ0n) is 17.1. The number of likely N-dealkylation sites (N-methyl/N-ethyl adjacent to an activating group) is 1. The summed E-state index contributed by atoms with van der Waals surface area (Å²) >= 11 is 0. The lowest BCUT2D eigenvalue weighted by molar-refractivity contribution is 0.152. The van der Waals surface area contributed by atoms with E-state index in [-0.39, 0.29) is 12.4 Å². The van der Waals surface area contributed by atoms with Gasteiger partial charge < -0.3 is 14.4 Å². The van der Waals surface area contributed by atoms with Crippen LogP contribution in [0.5, 0.6) is 11.5 Å². The van der Waals surface area contributed by atoms with Gasteiger partial charge in [0.1, 0.15) is 13.2 Å². The number of halogens is 1. The highest BCUT2D eigenvalue weighted by molar-refractivity contribution is 7.88. The molecular weight excluding hydrogens is 400 g/mol. The Morgan fingerprint density at radius 2 is 1.82 bits per heavy atom. The van der Waals surface area contributed by atoms with Crippen LogP contribution in [0.15, 0.2) is 18.2 Å². The molecule has 0 spiro atoms. The Kier molecular flexibility index (Phi) is 8.43. The quantitative estimate of drug-likeness (QED) is 0.663. The molecule has 2 heterocycles. The van der Waals surface area contributed by atoms with Gasteiger partial charge in [-0.3, -0.25) is 0 Å². The second-order valence-corrected chi connectivity index (χ2v) is 9.71. The summed E-state index contributed by atoms with van der Waals surface area (Å²) in [5, 5.41) is 0. The minimum Gasteiger partial charge on any atom is -0.486 e. The van der Waals surface area contributed by atoms with Crippen molar-refractivity contribution >= 4 is 22.4 Å². The summed E-state index contributed by atoms with van der Waals surface area (Å²) < 4.78 is 36.3. The minimum absolute atomic E-state index is 0. The van der Waals surface area contributed by atoms with Crippen LogP contribution in [0, 0.1) is 5.92 Å². The standard InChI is InChI=1S/C20H32N2O4S.ClH/c1-4-21(15-17-7-9-22(10-8-17)27(3,23)24)16(2)13-18-5-6-19-20(14-18)26-12-11-25-19;/h5-6,14,16-17H,4,7-13,15H2,1-3H3;1H. The fraction of sp³-hybridized carbons (Fsp3) is 0.700. The van der Waals surface area contributed by atoms with Gasteiger partial charge in [0.15, 0.2) is 11.5 Å². The molecule has 0 bridgehead atoms. The molecule has 160 valence electrons. The van der Waals surface area contributed by atoms with E-state index in [1.165, 1.54) is 11.8 Å². The Balaban J connectivity index is 0.00000280. The molecule has 6 nitrogen and oxygen atoms in total. The van der Waals surface area contributed by atoms with E-state index < -0.39 is 10.0 Å². The zero-order chi connectivity index (χ0) is 19.4. The summed E-state index contributed by atoms with van der Waals surface area (Å²) in [7, 11) is -3.05. The number of nitrogens with zero attached hydrogens (tertiary/aromatic N) is 2. The largest absolute Gasteiger partial charge is 0.486 e. The average Bonchev–Trinajstić information content (AvgIpc) is 2.65. The lowest BCUT2D eigenvalue weighted by Crippen LogP contribution is -2.43. The van der Waals surface area contributed by atoms with Crippen LogP contribution in [-0.2, 0) is 16.4 Å². The second-order valence-electron chi connectivity index (χ2n) is 7.72. The van der Waals surface area contributed by atoms with E-state index in [2.05, 4.69) is 30.9 Å². The first-order valence-corrected chi connectivity index (χ1v) is 11.8. The van der Waals surface area contributed by atoms with E-state index in [1.807, 2.05) is 6.07 Å². The van der Waals surface area contributed by atoms with Gasteiger partial charge in [0.05, 0.1) is 6.26 Å². The number of hydrogen-bond donors (Lipinski definition) is 0. The lowest BCUT2D eigenvalue weighted by Gasteiger charge is -2.36. The van der Waals surface area contributed by atoms with Crippen molar-refractivity contribution in [3.05, 3.63) is 23.8 Å². The molecule has 0 amide bonds. The van der Waals surface area contributed by atoms with Crippen molar-refractivity contribution < 1.29 is 17.9 Å². The van der Waals surface area contributed by atoms with Crippen LogP contribution < -0.4 is 9.47 Å². The zero-order valence-corrected chi connectivity index (χ0v) is 18.7. The monoisotopic (exact) mass is 432 g/mol. The number of rotatable bonds is 7. The predicted octanol–water partition coefficient (Wildman–Crippen LogP) is 2.80. The first kappa shape index (κ1) is 23.3. The third kappa shape index (κ3) is 5.99. The van der Waals surface area contributed by atoms with Gasteiger partial charge in [-0.25, -0.2) is 12.7 Å². The molecule has 0 radical (unpaired) electrons. The van der Waals surface area contributed by atoms with Crippen molar-refractivity contribution in [2.24, 2.45) is 5.92 Å². The number of piperidine rings is 1. The fourth-order valence-corrected chi connectivity index (χ4v) is 4.93. The highest BCUT2D eigenvalue weighted by Crippen LogP contribution is 2.31. The van der Waals surface area contributed by atoms with Crippen LogP contribution in [0.2, 0.25) is 0 Å². The van der Waals surface area contributed by atoms with Gasteiger partial charge in [0, 0.05) is 25.7 Å². The summed E-state index contributed by atoms with van der Waals surface area (Å²) in [5.41, 5.74) is 1.26. The number of benzene rings is 1. The van der Waals surface area contributed by atoms with E-state index in [1.54, 1.807) is 4.31 Å². The van der Waals surface area contributed by atoms with Gasteiger partial charge in [0.2, 0.25) is 10.0 Å². The fourth-order valence-electron chi connectivity index (χ4n) is 4.06. The molecule has 28 heavy (non-hydrogen) atoms. The molecule has 1 fully saturated rings. The van der Waals surface area contributed by atoms with Crippen molar-refractivity contribution in [3.63, 3.8) is 0 Å². The Labute approximate surface area is 175 Å². The van der Waals surface area contributed by atoms with E-state index >= 15 is 0 Å². The number of sulfonamides is 1. The van der Waals surface area contributed by atoms with Crippen LogP contribution in [0.4, 0.5) is 0 Å². The lowest BCUT2D eigenvalue weighted by atomic mass is 9.96. The van der Waals surface area contributed by atoms with Gasteiger partial charge in [-0.15, -0.1) is 12.4 Å². The van der Waals surface area contributed by atoms with Gasteiger partial charge in [-0.05, 0) is 56.3 Å². The summed E-state index contributed by atoms with van der Waals surface area (Å²) in [6.07, 6.45) is 4.16. The van der Waals surface area contributed by atoms with Crippen molar-refractivity contribution in [1.82, 2.24) is 9.21 Å². The van der Waals surface area contributed by atoms with Crippen LogP contribution in [-0.4, -0.2) is 69.3 Å². The summed E-state index contributed by atoms with van der Waals surface area (Å²) in [4.78, 5) is 2.51. The molecule has 0 aliphatic carbocycles. The van der Waals surface area contributed by atoms with Crippen molar-refractivity contribution in [2.75, 3.05) is 45.6 Å². The highest BCUT2D eigenvalue weighted by atomic mass is 35.5. The van der Waals surface area contributed by atoms with Gasteiger partial charge >= 0.3 is 0 Å². The van der Waals surface area contributed by atoms with Crippen LogP contribution in [0.1, 0.15) is 32.3 Å². The molecular formula is C20H33ClN2O4S. The maximum absolute atomic E-state index is 11.7. The Hall–Kier alpha value is -1.02. The SMILES string of the molecule is CCN(CC1CCN(S(C)(=O)=O)CC1)C(C)Cc1ccc2c(c1)OCCO2.Cl. The number of ether oxygens (including phenoxy) is 2. The smallest absolute Gasteiger partial charge is 0.211 e. The van der Waals surface area contributed by atoms with E-state index in [0.717, 1.165) is 43.9 Å². The van der Waals surface area contributed by atoms with Gasteiger partial charge in [0.25, 0.3) is 0 Å². The van der Waals surface area contributed by atoms with Crippen LogP contribution in [0.25, 0.3) is 0 Å². The molecule has 3 rings (SSSR count). The minimum atomic E-state index is -3.05. The normalized spacial score (nSPS) is 19.3.